The van der Waals surface area contributed by atoms with Crippen molar-refractivity contribution in [3.63, 3.8) is 0 Å². The Morgan fingerprint density at radius 1 is 1.18 bits per heavy atom. The number of nitrogens with one attached hydrogen (secondary N) is 1. The number of aryl methyl sites for hydroxylation is 2. The van der Waals surface area contributed by atoms with Crippen LogP contribution < -0.4 is 10.2 Å². The van der Waals surface area contributed by atoms with E-state index < -0.39 is 0 Å². The zero-order valence-corrected chi connectivity index (χ0v) is 17.4. The summed E-state index contributed by atoms with van der Waals surface area (Å²) in [5, 5.41) is 4.21. The number of nitrogens with zero attached hydrogens (tertiary/aromatic N) is 2. The van der Waals surface area contributed by atoms with Crippen LogP contribution in [0.2, 0.25) is 0 Å². The molecule has 0 saturated carbocycles. The molecular weight excluding hydrogens is 366 g/mol. The van der Waals surface area contributed by atoms with Crippen molar-refractivity contribution < 1.29 is 4.79 Å². The number of fused-ring (bicyclic) bond motifs is 1. The summed E-state index contributed by atoms with van der Waals surface area (Å²) in [6.07, 6.45) is 2.67. The van der Waals surface area contributed by atoms with E-state index in [1.54, 1.807) is 11.3 Å². The molecule has 0 aliphatic carbocycles. The number of carbonyl (C=O) groups excluding carboxylic acids is 1. The zero-order valence-electron chi connectivity index (χ0n) is 16.6. The van der Waals surface area contributed by atoms with Gasteiger partial charge in [0.25, 0.3) is 0 Å². The fourth-order valence-electron chi connectivity index (χ4n) is 3.95. The van der Waals surface area contributed by atoms with Crippen LogP contribution in [0.1, 0.15) is 29.5 Å². The Bertz CT molecular complexity index is 959. The van der Waals surface area contributed by atoms with Gasteiger partial charge in [0.05, 0.1) is 10.2 Å². The summed E-state index contributed by atoms with van der Waals surface area (Å²) in [7, 11) is 0. The van der Waals surface area contributed by atoms with Gasteiger partial charge in [0.15, 0.2) is 5.13 Å². The second-order valence-corrected chi connectivity index (χ2v) is 8.72. The first-order chi connectivity index (χ1) is 13.6. The number of rotatable bonds is 5. The van der Waals surface area contributed by atoms with E-state index in [0.29, 0.717) is 6.54 Å². The van der Waals surface area contributed by atoms with Crippen molar-refractivity contribution in [2.45, 2.75) is 33.1 Å². The molecule has 1 fully saturated rings. The minimum absolute atomic E-state index is 0.116. The summed E-state index contributed by atoms with van der Waals surface area (Å²) in [4.78, 5) is 19.7. The van der Waals surface area contributed by atoms with Crippen LogP contribution in [0.25, 0.3) is 10.2 Å². The zero-order chi connectivity index (χ0) is 19.5. The van der Waals surface area contributed by atoms with Crippen LogP contribution in [0.4, 0.5) is 5.13 Å². The molecule has 1 saturated heterocycles. The van der Waals surface area contributed by atoms with Crippen molar-refractivity contribution in [1.82, 2.24) is 10.3 Å². The highest BCUT2D eigenvalue weighted by atomic mass is 32.1. The first-order valence-corrected chi connectivity index (χ1v) is 10.9. The van der Waals surface area contributed by atoms with E-state index in [2.05, 4.69) is 48.3 Å². The standard InChI is InChI=1S/C23H27N3OS/c1-16-14-17(2)21-20(15-16)28-23(25-21)26-12-9-19(10-13-26)22(27)24-11-8-18-6-4-3-5-7-18/h3-7,14-15,19H,8-13H2,1-2H3,(H,24,27). The maximum Gasteiger partial charge on any atom is 0.223 e. The van der Waals surface area contributed by atoms with Crippen LogP contribution in [0, 0.1) is 19.8 Å². The van der Waals surface area contributed by atoms with Gasteiger partial charge in [-0.2, -0.15) is 0 Å². The van der Waals surface area contributed by atoms with Gasteiger partial charge in [0.1, 0.15) is 0 Å². The lowest BCUT2D eigenvalue weighted by Crippen LogP contribution is -2.41. The smallest absolute Gasteiger partial charge is 0.223 e. The molecule has 5 heteroatoms. The Morgan fingerprint density at radius 2 is 1.93 bits per heavy atom. The Morgan fingerprint density at radius 3 is 2.68 bits per heavy atom. The molecule has 3 aromatic rings. The van der Waals surface area contributed by atoms with E-state index in [-0.39, 0.29) is 11.8 Å². The van der Waals surface area contributed by atoms with Crippen molar-refractivity contribution in [1.29, 1.82) is 0 Å². The fourth-order valence-corrected chi connectivity index (χ4v) is 5.14. The molecule has 0 atom stereocenters. The van der Waals surface area contributed by atoms with Crippen LogP contribution in [0.15, 0.2) is 42.5 Å². The summed E-state index contributed by atoms with van der Waals surface area (Å²) >= 11 is 1.77. The molecule has 2 aromatic carbocycles. The SMILES string of the molecule is Cc1cc(C)c2nc(N3CCC(C(=O)NCCc4ccccc4)CC3)sc2c1. The molecule has 0 spiro atoms. The molecule has 1 aromatic heterocycles. The molecule has 1 aliphatic rings. The van der Waals surface area contributed by atoms with E-state index >= 15 is 0 Å². The Kier molecular flexibility index (Phi) is 5.62. The lowest BCUT2D eigenvalue weighted by atomic mass is 9.96. The molecule has 0 bridgehead atoms. The number of piperidine rings is 1. The first-order valence-electron chi connectivity index (χ1n) is 10.0. The third-order valence-corrected chi connectivity index (χ3v) is 6.57. The molecule has 28 heavy (non-hydrogen) atoms. The van der Waals surface area contributed by atoms with E-state index in [0.717, 1.165) is 43.0 Å². The minimum atomic E-state index is 0.116. The van der Waals surface area contributed by atoms with Gasteiger partial charge in [-0.05, 0) is 55.9 Å². The minimum Gasteiger partial charge on any atom is -0.356 e. The van der Waals surface area contributed by atoms with Gasteiger partial charge in [-0.1, -0.05) is 47.7 Å². The van der Waals surface area contributed by atoms with Crippen LogP contribution in [0.3, 0.4) is 0 Å². The summed E-state index contributed by atoms with van der Waals surface area (Å²) in [6.45, 7) is 6.77. The van der Waals surface area contributed by atoms with Gasteiger partial charge in [0.2, 0.25) is 5.91 Å². The third-order valence-electron chi connectivity index (χ3n) is 5.51. The first kappa shape index (κ1) is 18.9. The van der Waals surface area contributed by atoms with Crippen molar-refractivity contribution >= 4 is 32.6 Å². The highest BCUT2D eigenvalue weighted by molar-refractivity contribution is 7.22. The van der Waals surface area contributed by atoms with Gasteiger partial charge >= 0.3 is 0 Å². The predicted octanol–water partition coefficient (Wildman–Crippen LogP) is 4.49. The molecule has 2 heterocycles. The number of amides is 1. The molecule has 1 N–H and O–H groups in total. The van der Waals surface area contributed by atoms with Crippen molar-refractivity contribution in [2.75, 3.05) is 24.5 Å². The Balaban J connectivity index is 1.30. The molecule has 146 valence electrons. The van der Waals surface area contributed by atoms with Gasteiger partial charge in [-0.25, -0.2) is 4.98 Å². The topological polar surface area (TPSA) is 45.2 Å². The summed E-state index contributed by atoms with van der Waals surface area (Å²) in [5.41, 5.74) is 4.90. The highest BCUT2D eigenvalue weighted by Crippen LogP contribution is 2.33. The van der Waals surface area contributed by atoms with E-state index in [1.807, 2.05) is 18.2 Å². The highest BCUT2D eigenvalue weighted by Gasteiger charge is 2.26. The molecule has 4 nitrogen and oxygen atoms in total. The largest absolute Gasteiger partial charge is 0.356 e. The van der Waals surface area contributed by atoms with E-state index in [1.165, 1.54) is 21.4 Å². The van der Waals surface area contributed by atoms with Crippen molar-refractivity contribution in [2.24, 2.45) is 5.92 Å². The van der Waals surface area contributed by atoms with Gasteiger partial charge < -0.3 is 10.2 Å². The average Bonchev–Trinajstić information content (AvgIpc) is 3.13. The number of benzene rings is 2. The number of anilines is 1. The lowest BCUT2D eigenvalue weighted by Gasteiger charge is -2.31. The van der Waals surface area contributed by atoms with E-state index in [4.69, 9.17) is 4.98 Å². The lowest BCUT2D eigenvalue weighted by molar-refractivity contribution is -0.125. The predicted molar refractivity (Wildman–Crippen MR) is 117 cm³/mol. The summed E-state index contributed by atoms with van der Waals surface area (Å²) < 4.78 is 1.26. The number of hydrogen-bond donors (Lipinski definition) is 1. The molecule has 1 amide bonds. The van der Waals surface area contributed by atoms with Crippen LogP contribution in [0.5, 0.6) is 0 Å². The van der Waals surface area contributed by atoms with Gasteiger partial charge in [0, 0.05) is 25.6 Å². The Labute approximate surface area is 170 Å². The second kappa shape index (κ2) is 8.31. The van der Waals surface area contributed by atoms with Crippen molar-refractivity contribution in [3.05, 3.63) is 59.2 Å². The average molecular weight is 394 g/mol. The number of carbonyl (C=O) groups is 1. The quantitative estimate of drug-likeness (QED) is 0.695. The number of thiazole rings is 1. The third kappa shape index (κ3) is 4.20. The van der Waals surface area contributed by atoms with Crippen LogP contribution in [-0.2, 0) is 11.2 Å². The van der Waals surface area contributed by atoms with Crippen molar-refractivity contribution in [3.8, 4) is 0 Å². The molecule has 0 radical (unpaired) electrons. The maximum absolute atomic E-state index is 12.5. The number of hydrogen-bond acceptors (Lipinski definition) is 4. The summed E-state index contributed by atoms with van der Waals surface area (Å²) in [6, 6.07) is 14.7. The number of aromatic nitrogens is 1. The fraction of sp³-hybridized carbons (Fsp3) is 0.391. The Hall–Kier alpha value is -2.40. The monoisotopic (exact) mass is 393 g/mol. The van der Waals surface area contributed by atoms with Gasteiger partial charge in [-0.15, -0.1) is 0 Å². The summed E-state index contributed by atoms with van der Waals surface area (Å²) in [5.74, 6) is 0.316. The molecular formula is C23H27N3OS. The molecule has 0 unspecified atom stereocenters. The second-order valence-electron chi connectivity index (χ2n) is 7.71. The van der Waals surface area contributed by atoms with E-state index in [9.17, 15) is 4.79 Å². The van der Waals surface area contributed by atoms with Gasteiger partial charge in [-0.3, -0.25) is 4.79 Å². The molecule has 1 aliphatic heterocycles. The molecule has 4 rings (SSSR count). The van der Waals surface area contributed by atoms with Crippen LogP contribution in [-0.4, -0.2) is 30.5 Å². The normalized spacial score (nSPS) is 15.1. The maximum atomic E-state index is 12.5. The van der Waals surface area contributed by atoms with Crippen LogP contribution >= 0.6 is 11.3 Å².